The molecular formula is C17H18ClNO5. The predicted octanol–water partition coefficient (Wildman–Crippen LogP) is 3.14. The zero-order chi connectivity index (χ0) is 17.4. The molecule has 0 fully saturated rings. The van der Waals surface area contributed by atoms with Crippen LogP contribution in [-0.2, 0) is 11.4 Å². The highest BCUT2D eigenvalue weighted by Gasteiger charge is 2.11. The summed E-state index contributed by atoms with van der Waals surface area (Å²) in [6.07, 6.45) is 0.711. The number of rotatable bonds is 9. The van der Waals surface area contributed by atoms with Gasteiger partial charge in [-0.25, -0.2) is 0 Å². The van der Waals surface area contributed by atoms with Crippen molar-refractivity contribution in [1.82, 2.24) is 5.32 Å². The number of furan rings is 1. The molecular weight excluding hydrogens is 334 g/mol. The average molecular weight is 352 g/mol. The number of hydrogen-bond acceptors (Lipinski definition) is 5. The van der Waals surface area contributed by atoms with E-state index in [9.17, 15) is 9.59 Å². The lowest BCUT2D eigenvalue weighted by atomic mass is 10.3. The molecule has 1 amide bonds. The molecule has 0 radical (unpaired) electrons. The first-order valence-electron chi connectivity index (χ1n) is 7.40. The summed E-state index contributed by atoms with van der Waals surface area (Å²) in [5.74, 6) is 1.80. The van der Waals surface area contributed by atoms with Gasteiger partial charge < -0.3 is 19.2 Å². The Balaban J connectivity index is 1.79. The van der Waals surface area contributed by atoms with Crippen LogP contribution in [0.5, 0.6) is 11.5 Å². The van der Waals surface area contributed by atoms with Crippen LogP contribution in [0.4, 0.5) is 0 Å². The summed E-state index contributed by atoms with van der Waals surface area (Å²) in [5, 5.41) is 2.24. The quantitative estimate of drug-likeness (QED) is 0.554. The molecule has 1 heterocycles. The molecule has 0 saturated carbocycles. The van der Waals surface area contributed by atoms with E-state index in [0.717, 1.165) is 5.75 Å². The highest BCUT2D eigenvalue weighted by molar-refractivity contribution is 6.63. The number of nitrogens with one attached hydrogen (secondary N) is 1. The third-order valence-electron chi connectivity index (χ3n) is 3.16. The van der Waals surface area contributed by atoms with Gasteiger partial charge in [-0.1, -0.05) is 0 Å². The second kappa shape index (κ2) is 8.98. The topological polar surface area (TPSA) is 77.8 Å². The first-order valence-corrected chi connectivity index (χ1v) is 7.78. The van der Waals surface area contributed by atoms with Crippen molar-refractivity contribution < 1.29 is 23.5 Å². The van der Waals surface area contributed by atoms with Crippen LogP contribution in [0.2, 0.25) is 0 Å². The van der Waals surface area contributed by atoms with Gasteiger partial charge in [0.2, 0.25) is 5.24 Å². The van der Waals surface area contributed by atoms with Gasteiger partial charge in [0.1, 0.15) is 23.9 Å². The molecule has 1 aromatic heterocycles. The van der Waals surface area contributed by atoms with Gasteiger partial charge >= 0.3 is 0 Å². The average Bonchev–Trinajstić information content (AvgIpc) is 3.06. The summed E-state index contributed by atoms with van der Waals surface area (Å²) in [4.78, 5) is 22.5. The molecule has 6 nitrogen and oxygen atoms in total. The number of carbonyl (C=O) groups excluding carboxylic acids is 2. The molecule has 24 heavy (non-hydrogen) atoms. The number of ether oxygens (including phenoxy) is 2. The lowest BCUT2D eigenvalue weighted by molar-refractivity contribution is -0.111. The second-order valence-electron chi connectivity index (χ2n) is 4.94. The molecule has 0 spiro atoms. The Labute approximate surface area is 144 Å². The molecule has 2 rings (SSSR count). The van der Waals surface area contributed by atoms with Crippen molar-refractivity contribution in [1.29, 1.82) is 0 Å². The van der Waals surface area contributed by atoms with Crippen LogP contribution in [0.15, 0.2) is 40.8 Å². The minimum Gasteiger partial charge on any atom is -0.497 e. The Hall–Kier alpha value is -2.47. The van der Waals surface area contributed by atoms with Crippen LogP contribution in [0, 0.1) is 0 Å². The molecule has 0 atom stereocenters. The fourth-order valence-electron chi connectivity index (χ4n) is 1.92. The maximum absolute atomic E-state index is 11.9. The molecule has 0 aliphatic carbocycles. The van der Waals surface area contributed by atoms with E-state index in [2.05, 4.69) is 5.32 Å². The Bertz CT molecular complexity index is 681. The van der Waals surface area contributed by atoms with Crippen LogP contribution in [-0.4, -0.2) is 24.8 Å². The fourth-order valence-corrected chi connectivity index (χ4v) is 2.05. The summed E-state index contributed by atoms with van der Waals surface area (Å²) < 4.78 is 16.1. The van der Waals surface area contributed by atoms with E-state index in [1.165, 1.54) is 0 Å². The molecule has 0 unspecified atom stereocenters. The maximum atomic E-state index is 11.9. The molecule has 0 saturated heterocycles. The van der Waals surface area contributed by atoms with Crippen molar-refractivity contribution in [2.45, 2.75) is 19.4 Å². The van der Waals surface area contributed by atoms with Gasteiger partial charge in [0.05, 0.1) is 7.11 Å². The third kappa shape index (κ3) is 5.62. The molecule has 2 aromatic rings. The van der Waals surface area contributed by atoms with Crippen LogP contribution >= 0.6 is 11.6 Å². The van der Waals surface area contributed by atoms with Crippen LogP contribution < -0.4 is 14.8 Å². The minimum atomic E-state index is -0.416. The predicted molar refractivity (Wildman–Crippen MR) is 88.5 cm³/mol. The van der Waals surface area contributed by atoms with Crippen molar-refractivity contribution in [2.75, 3.05) is 13.7 Å². The Morgan fingerprint density at radius 2 is 1.83 bits per heavy atom. The van der Waals surface area contributed by atoms with E-state index in [1.54, 1.807) is 43.5 Å². The Morgan fingerprint density at radius 3 is 2.50 bits per heavy atom. The lowest BCUT2D eigenvalue weighted by Gasteiger charge is -2.05. The van der Waals surface area contributed by atoms with E-state index in [-0.39, 0.29) is 24.7 Å². The molecule has 128 valence electrons. The van der Waals surface area contributed by atoms with E-state index in [4.69, 9.17) is 25.5 Å². The molecule has 0 aliphatic rings. The van der Waals surface area contributed by atoms with Gasteiger partial charge in [-0.15, -0.1) is 0 Å². The standard InChI is InChI=1S/C17H18ClNO5/c1-22-12-4-6-13(7-5-12)23-11-14-8-9-15(24-14)17(21)19-10-2-3-16(18)20/h4-9H,2-3,10-11H2,1H3,(H,19,21). The molecule has 7 heteroatoms. The number of methoxy groups -OCH3 is 1. The van der Waals surface area contributed by atoms with Gasteiger partial charge in [0.15, 0.2) is 5.76 Å². The van der Waals surface area contributed by atoms with Gasteiger partial charge in [-0.2, -0.15) is 0 Å². The summed E-state index contributed by atoms with van der Waals surface area (Å²) in [7, 11) is 1.60. The van der Waals surface area contributed by atoms with Gasteiger partial charge in [-0.05, 0) is 54.4 Å². The second-order valence-corrected chi connectivity index (χ2v) is 5.37. The summed E-state index contributed by atoms with van der Waals surface area (Å²) in [5.41, 5.74) is 0. The zero-order valence-corrected chi connectivity index (χ0v) is 14.0. The van der Waals surface area contributed by atoms with E-state index >= 15 is 0 Å². The van der Waals surface area contributed by atoms with Crippen molar-refractivity contribution in [3.8, 4) is 11.5 Å². The highest BCUT2D eigenvalue weighted by atomic mass is 35.5. The molecule has 1 N–H and O–H groups in total. The monoisotopic (exact) mass is 351 g/mol. The molecule has 1 aromatic carbocycles. The van der Waals surface area contributed by atoms with Gasteiger partial charge in [0.25, 0.3) is 5.91 Å². The zero-order valence-electron chi connectivity index (χ0n) is 13.2. The highest BCUT2D eigenvalue weighted by Crippen LogP contribution is 2.18. The number of amides is 1. The van der Waals surface area contributed by atoms with E-state index in [0.29, 0.717) is 24.5 Å². The minimum absolute atomic E-state index is 0.195. The SMILES string of the molecule is COc1ccc(OCc2ccc(C(=O)NCCCC(=O)Cl)o2)cc1. The number of carbonyl (C=O) groups is 2. The Kier molecular flexibility index (Phi) is 6.69. The van der Waals surface area contributed by atoms with E-state index in [1.807, 2.05) is 0 Å². The number of halogens is 1. The van der Waals surface area contributed by atoms with Gasteiger partial charge in [-0.3, -0.25) is 9.59 Å². The summed E-state index contributed by atoms with van der Waals surface area (Å²) >= 11 is 5.22. The first-order chi connectivity index (χ1) is 11.6. The number of hydrogen-bond donors (Lipinski definition) is 1. The van der Waals surface area contributed by atoms with Crippen LogP contribution in [0.25, 0.3) is 0 Å². The smallest absolute Gasteiger partial charge is 0.286 e. The van der Waals surface area contributed by atoms with Crippen molar-refractivity contribution in [3.63, 3.8) is 0 Å². The van der Waals surface area contributed by atoms with Crippen molar-refractivity contribution >= 4 is 22.8 Å². The van der Waals surface area contributed by atoms with Gasteiger partial charge in [0, 0.05) is 13.0 Å². The van der Waals surface area contributed by atoms with Crippen LogP contribution in [0.1, 0.15) is 29.2 Å². The van der Waals surface area contributed by atoms with E-state index < -0.39 is 5.24 Å². The first kappa shape index (κ1) is 17.9. The van der Waals surface area contributed by atoms with Crippen LogP contribution in [0.3, 0.4) is 0 Å². The summed E-state index contributed by atoms with van der Waals surface area (Å²) in [6, 6.07) is 10.4. The molecule has 0 bridgehead atoms. The largest absolute Gasteiger partial charge is 0.497 e. The lowest BCUT2D eigenvalue weighted by Crippen LogP contribution is -2.24. The fraction of sp³-hybridized carbons (Fsp3) is 0.294. The summed E-state index contributed by atoms with van der Waals surface area (Å²) in [6.45, 7) is 0.566. The van der Waals surface area contributed by atoms with Crippen molar-refractivity contribution in [2.24, 2.45) is 0 Å². The number of benzene rings is 1. The normalized spacial score (nSPS) is 10.2. The Morgan fingerprint density at radius 1 is 1.12 bits per heavy atom. The molecule has 0 aliphatic heterocycles. The maximum Gasteiger partial charge on any atom is 0.286 e. The third-order valence-corrected chi connectivity index (χ3v) is 3.35. The van der Waals surface area contributed by atoms with Crippen molar-refractivity contribution in [3.05, 3.63) is 47.9 Å².